The quantitative estimate of drug-likeness (QED) is 0.800. The summed E-state index contributed by atoms with van der Waals surface area (Å²) in [6.45, 7) is 2.22. The number of rotatable bonds is 2. The van der Waals surface area contributed by atoms with Gasteiger partial charge in [-0.05, 0) is 37.3 Å². The second-order valence-corrected chi connectivity index (χ2v) is 8.18. The number of anilines is 1. The van der Waals surface area contributed by atoms with E-state index in [0.717, 1.165) is 16.8 Å². The van der Waals surface area contributed by atoms with Crippen LogP contribution in [0.15, 0.2) is 36.0 Å². The van der Waals surface area contributed by atoms with Crippen molar-refractivity contribution in [2.24, 2.45) is 11.8 Å². The number of amides is 1. The number of ether oxygens (including phenoxy) is 1. The van der Waals surface area contributed by atoms with Crippen LogP contribution in [0.25, 0.3) is 0 Å². The normalized spacial score (nSPS) is 36.7. The average Bonchev–Trinajstić information content (AvgIpc) is 2.77. The van der Waals surface area contributed by atoms with E-state index >= 15 is 0 Å². The molecule has 2 saturated heterocycles. The fourth-order valence-corrected chi connectivity index (χ4v) is 5.84. The van der Waals surface area contributed by atoms with Gasteiger partial charge in [0.15, 0.2) is 5.78 Å². The van der Waals surface area contributed by atoms with Crippen molar-refractivity contribution >= 4 is 17.4 Å². The van der Waals surface area contributed by atoms with Gasteiger partial charge in [0.05, 0.1) is 25.5 Å². The monoisotopic (exact) mass is 368 g/mol. The Hall–Kier alpha value is -2.18. The van der Waals surface area contributed by atoms with E-state index in [0.29, 0.717) is 19.4 Å². The van der Waals surface area contributed by atoms with E-state index in [1.165, 1.54) is 12.2 Å². The van der Waals surface area contributed by atoms with Gasteiger partial charge in [0.1, 0.15) is 5.41 Å². The minimum atomic E-state index is -0.769. The largest absolute Gasteiger partial charge is 0.377 e. The zero-order valence-corrected chi connectivity index (χ0v) is 15.8. The Morgan fingerprint density at radius 3 is 2.85 bits per heavy atom. The lowest BCUT2D eigenvalue weighted by Gasteiger charge is -2.43. The highest BCUT2D eigenvalue weighted by atomic mass is 16.7. The minimum Gasteiger partial charge on any atom is -0.377 e. The standard InChI is InChI=1S/C21H24N2O4/c1-12(24)14-10-22(2)18-9-21(19-8-13(14)15(18)11-27-19)16-6-4-5-7-17(16)23(26-3)20(21)25/h4-7,10,13,15,18-19H,8-9,11H2,1-3H3/t13?,15?,18?,19-,21+/m1/s1. The Labute approximate surface area is 158 Å². The molecule has 6 rings (SSSR count). The summed E-state index contributed by atoms with van der Waals surface area (Å²) in [5.74, 6) is 0.440. The van der Waals surface area contributed by atoms with Gasteiger partial charge in [0.2, 0.25) is 0 Å². The van der Waals surface area contributed by atoms with Crippen LogP contribution in [-0.2, 0) is 24.6 Å². The molecule has 4 bridgehead atoms. The fraction of sp³-hybridized carbons (Fsp3) is 0.524. The molecule has 5 aliphatic rings. The molecule has 3 unspecified atom stereocenters. The van der Waals surface area contributed by atoms with Crippen molar-refractivity contribution in [3.05, 3.63) is 41.6 Å². The molecule has 3 fully saturated rings. The number of hydrogen-bond acceptors (Lipinski definition) is 5. The lowest BCUT2D eigenvalue weighted by atomic mass is 9.72. The number of hydrogen-bond donors (Lipinski definition) is 0. The molecule has 4 heterocycles. The Bertz CT molecular complexity index is 865. The number of ketones is 1. The summed E-state index contributed by atoms with van der Waals surface area (Å²) in [7, 11) is 3.54. The molecule has 1 aromatic carbocycles. The number of benzene rings is 1. The predicted octanol–water partition coefficient (Wildman–Crippen LogP) is 2.04. The van der Waals surface area contributed by atoms with Crippen LogP contribution in [-0.4, -0.2) is 49.5 Å². The zero-order chi connectivity index (χ0) is 18.9. The van der Waals surface area contributed by atoms with Crippen LogP contribution < -0.4 is 5.06 Å². The lowest BCUT2D eigenvalue weighted by Crippen LogP contribution is -2.50. The van der Waals surface area contributed by atoms with Gasteiger partial charge in [-0.15, -0.1) is 0 Å². The topological polar surface area (TPSA) is 59.1 Å². The second kappa shape index (κ2) is 5.66. The summed E-state index contributed by atoms with van der Waals surface area (Å²) >= 11 is 0. The highest BCUT2D eigenvalue weighted by molar-refractivity contribution is 6.07. The van der Waals surface area contributed by atoms with Crippen molar-refractivity contribution in [2.75, 3.05) is 25.8 Å². The summed E-state index contributed by atoms with van der Waals surface area (Å²) in [6, 6.07) is 8.00. The SMILES string of the molecule is CON1C(=O)[C@@]2(CC3C4CO[C@@H]2CC4C(C(C)=O)=CN3C)c2ccccc21. The molecule has 1 aliphatic carbocycles. The maximum Gasteiger partial charge on any atom is 0.264 e. The summed E-state index contributed by atoms with van der Waals surface area (Å²) < 4.78 is 6.30. The molecule has 1 saturated carbocycles. The van der Waals surface area contributed by atoms with Crippen LogP contribution in [0.4, 0.5) is 5.69 Å². The third kappa shape index (κ3) is 2.03. The van der Waals surface area contributed by atoms with E-state index in [2.05, 4.69) is 4.90 Å². The fourth-order valence-electron chi connectivity index (χ4n) is 5.84. The summed E-state index contributed by atoms with van der Waals surface area (Å²) in [5.41, 5.74) is 1.88. The zero-order valence-electron chi connectivity index (χ0n) is 15.8. The molecule has 27 heavy (non-hydrogen) atoms. The van der Waals surface area contributed by atoms with E-state index in [1.54, 1.807) is 6.92 Å². The Morgan fingerprint density at radius 1 is 1.33 bits per heavy atom. The maximum absolute atomic E-state index is 13.6. The number of hydroxylamine groups is 1. The van der Waals surface area contributed by atoms with Crippen molar-refractivity contribution in [3.63, 3.8) is 0 Å². The highest BCUT2D eigenvalue weighted by Crippen LogP contribution is 2.57. The van der Waals surface area contributed by atoms with Crippen molar-refractivity contribution in [2.45, 2.75) is 37.3 Å². The van der Waals surface area contributed by atoms with Crippen molar-refractivity contribution < 1.29 is 19.2 Å². The van der Waals surface area contributed by atoms with Crippen molar-refractivity contribution in [3.8, 4) is 0 Å². The first-order valence-electron chi connectivity index (χ1n) is 9.53. The molecular formula is C21H24N2O4. The lowest BCUT2D eigenvalue weighted by molar-refractivity contribution is -0.137. The molecule has 1 amide bonds. The minimum absolute atomic E-state index is 0.0535. The average molecular weight is 368 g/mol. The maximum atomic E-state index is 13.6. The molecule has 0 radical (unpaired) electrons. The van der Waals surface area contributed by atoms with Crippen molar-refractivity contribution in [1.29, 1.82) is 0 Å². The Balaban J connectivity index is 1.69. The van der Waals surface area contributed by atoms with E-state index in [1.807, 2.05) is 37.5 Å². The van der Waals surface area contributed by atoms with Gasteiger partial charge >= 0.3 is 0 Å². The first kappa shape index (κ1) is 17.0. The molecule has 5 atom stereocenters. The van der Waals surface area contributed by atoms with Gasteiger partial charge in [0, 0.05) is 30.8 Å². The van der Waals surface area contributed by atoms with E-state index < -0.39 is 5.41 Å². The van der Waals surface area contributed by atoms with Crippen LogP contribution >= 0.6 is 0 Å². The highest BCUT2D eigenvalue weighted by Gasteiger charge is 2.64. The summed E-state index contributed by atoms with van der Waals surface area (Å²) in [4.78, 5) is 33.5. The molecule has 6 heteroatoms. The number of fused-ring (bicyclic) bond motifs is 2. The van der Waals surface area contributed by atoms with Gasteiger partial charge in [-0.2, -0.15) is 5.06 Å². The van der Waals surface area contributed by atoms with E-state index in [-0.39, 0.29) is 35.7 Å². The summed E-state index contributed by atoms with van der Waals surface area (Å²) in [6.07, 6.45) is 3.10. The first-order valence-corrected chi connectivity index (χ1v) is 9.53. The smallest absolute Gasteiger partial charge is 0.264 e. The molecule has 1 spiro atoms. The second-order valence-electron chi connectivity index (χ2n) is 8.18. The van der Waals surface area contributed by atoms with E-state index in [4.69, 9.17) is 9.57 Å². The van der Waals surface area contributed by atoms with Crippen LogP contribution in [0.2, 0.25) is 0 Å². The van der Waals surface area contributed by atoms with Gasteiger partial charge in [-0.1, -0.05) is 18.2 Å². The van der Waals surface area contributed by atoms with Gasteiger partial charge in [0.25, 0.3) is 5.91 Å². The number of allylic oxidation sites excluding steroid dienone is 1. The third-order valence-electron chi connectivity index (χ3n) is 7.07. The van der Waals surface area contributed by atoms with Crippen LogP contribution in [0.5, 0.6) is 0 Å². The number of para-hydroxylation sites is 1. The van der Waals surface area contributed by atoms with Gasteiger partial charge < -0.3 is 9.64 Å². The van der Waals surface area contributed by atoms with Gasteiger partial charge in [-0.3, -0.25) is 14.4 Å². The predicted molar refractivity (Wildman–Crippen MR) is 98.9 cm³/mol. The van der Waals surface area contributed by atoms with Crippen LogP contribution in [0.3, 0.4) is 0 Å². The van der Waals surface area contributed by atoms with Crippen LogP contribution in [0, 0.1) is 11.8 Å². The molecule has 0 aromatic heterocycles. The molecule has 1 aromatic rings. The first-order chi connectivity index (χ1) is 13.0. The molecular weight excluding hydrogens is 344 g/mol. The summed E-state index contributed by atoms with van der Waals surface area (Å²) in [5, 5.41) is 1.42. The molecule has 142 valence electrons. The third-order valence-corrected chi connectivity index (χ3v) is 7.07. The van der Waals surface area contributed by atoms with Crippen LogP contribution in [0.1, 0.15) is 25.3 Å². The Kier molecular flexibility index (Phi) is 3.55. The molecule has 4 aliphatic heterocycles. The van der Waals surface area contributed by atoms with Gasteiger partial charge in [-0.25, -0.2) is 0 Å². The number of Topliss-reactive ketones (excluding diaryl/α,β-unsaturated/α-hetero) is 1. The number of carbonyl (C=O) groups excluding carboxylic acids is 2. The molecule has 0 N–H and O–H groups in total. The number of nitrogens with zero attached hydrogens (tertiary/aromatic N) is 2. The number of carbonyl (C=O) groups is 2. The Morgan fingerprint density at radius 2 is 2.11 bits per heavy atom. The molecule has 6 nitrogen and oxygen atoms in total. The van der Waals surface area contributed by atoms with Crippen molar-refractivity contribution in [1.82, 2.24) is 4.90 Å². The van der Waals surface area contributed by atoms with E-state index in [9.17, 15) is 9.59 Å².